The van der Waals surface area contributed by atoms with Gasteiger partial charge in [0.2, 0.25) is 0 Å². The van der Waals surface area contributed by atoms with Crippen LogP contribution in [0.15, 0.2) is 16.0 Å². The normalized spacial score (nSPS) is 29.4. The molecule has 16 heavy (non-hydrogen) atoms. The lowest BCUT2D eigenvalue weighted by Crippen LogP contribution is -2.43. The highest BCUT2D eigenvalue weighted by atomic mass is 32.2. The highest BCUT2D eigenvalue weighted by Crippen LogP contribution is 2.36. The van der Waals surface area contributed by atoms with Gasteiger partial charge in [-0.15, -0.1) is 11.8 Å². The summed E-state index contributed by atoms with van der Waals surface area (Å²) in [6.07, 6.45) is 8.08. The summed E-state index contributed by atoms with van der Waals surface area (Å²) in [5, 5.41) is 3.43. The maximum Gasteiger partial charge on any atom is 0.134 e. The van der Waals surface area contributed by atoms with Crippen molar-refractivity contribution in [2.24, 2.45) is 4.40 Å². The fraction of sp³-hybridized carbons (Fsp3) is 0.727. The largest absolute Gasteiger partial charge is 0.313 e. The zero-order valence-electron chi connectivity index (χ0n) is 9.66. The minimum absolute atomic E-state index is 0.0484. The van der Waals surface area contributed by atoms with Crippen LogP contribution in [-0.2, 0) is 0 Å². The Bertz CT molecular complexity index is 291. The summed E-state index contributed by atoms with van der Waals surface area (Å²) in [4.78, 5) is -0.0484. The van der Waals surface area contributed by atoms with E-state index in [-0.39, 0.29) is 4.87 Å². The van der Waals surface area contributed by atoms with Gasteiger partial charge in [-0.25, -0.2) is 9.12 Å². The van der Waals surface area contributed by atoms with Gasteiger partial charge >= 0.3 is 0 Å². The number of rotatable bonds is 5. The zero-order valence-corrected chi connectivity index (χ0v) is 11.3. The molecule has 0 spiro atoms. The molecule has 1 atom stereocenters. The highest BCUT2D eigenvalue weighted by Gasteiger charge is 2.36. The first kappa shape index (κ1) is 12.5. The zero-order chi connectivity index (χ0) is 11.3. The van der Waals surface area contributed by atoms with E-state index in [9.17, 15) is 0 Å². The van der Waals surface area contributed by atoms with Crippen LogP contribution < -0.4 is 10.0 Å². The Hall–Kier alpha value is 0.0300. The Morgan fingerprint density at radius 2 is 2.56 bits per heavy atom. The standard InChI is InChI=1S/C11H19N3S2/c1-2-3-7-15-11(9-13-16-14-11)10-5-4-6-12-8-10/h5,9,12,14H,2-4,6-8H2,1H3. The third-order valence-electron chi connectivity index (χ3n) is 2.82. The van der Waals surface area contributed by atoms with Gasteiger partial charge in [-0.05, 0) is 30.7 Å². The van der Waals surface area contributed by atoms with Crippen molar-refractivity contribution in [2.45, 2.75) is 31.1 Å². The minimum Gasteiger partial charge on any atom is -0.313 e. The quantitative estimate of drug-likeness (QED) is 0.450. The molecule has 0 bridgehead atoms. The van der Waals surface area contributed by atoms with Crippen molar-refractivity contribution in [3.05, 3.63) is 11.6 Å². The number of unbranched alkanes of at least 4 members (excludes halogenated alkanes) is 1. The van der Waals surface area contributed by atoms with Crippen molar-refractivity contribution in [2.75, 3.05) is 18.8 Å². The number of nitrogens with zero attached hydrogens (tertiary/aromatic N) is 1. The molecule has 5 heteroatoms. The summed E-state index contributed by atoms with van der Waals surface area (Å²) in [7, 11) is 0. The van der Waals surface area contributed by atoms with Gasteiger partial charge < -0.3 is 5.32 Å². The molecule has 0 amide bonds. The van der Waals surface area contributed by atoms with E-state index in [1.54, 1.807) is 0 Å². The van der Waals surface area contributed by atoms with Gasteiger partial charge in [0.25, 0.3) is 0 Å². The molecule has 0 saturated carbocycles. The lowest BCUT2D eigenvalue weighted by molar-refractivity contribution is 0.662. The summed E-state index contributed by atoms with van der Waals surface area (Å²) < 4.78 is 7.73. The molecule has 0 aromatic heterocycles. The van der Waals surface area contributed by atoms with Crippen LogP contribution in [0.5, 0.6) is 0 Å². The molecule has 0 fully saturated rings. The summed E-state index contributed by atoms with van der Waals surface area (Å²) in [5.41, 5.74) is 1.44. The van der Waals surface area contributed by atoms with E-state index < -0.39 is 0 Å². The second-order valence-corrected chi connectivity index (χ2v) is 6.00. The van der Waals surface area contributed by atoms with Crippen LogP contribution in [0.1, 0.15) is 26.2 Å². The van der Waals surface area contributed by atoms with Crippen molar-refractivity contribution in [3.8, 4) is 0 Å². The first-order valence-electron chi connectivity index (χ1n) is 5.89. The Morgan fingerprint density at radius 3 is 3.19 bits per heavy atom. The Balaban J connectivity index is 2.03. The van der Waals surface area contributed by atoms with Crippen molar-refractivity contribution >= 4 is 30.1 Å². The highest BCUT2D eigenvalue weighted by molar-refractivity contribution is 8.04. The van der Waals surface area contributed by atoms with Crippen molar-refractivity contribution in [1.82, 2.24) is 10.0 Å². The number of nitrogens with one attached hydrogen (secondary N) is 2. The minimum atomic E-state index is -0.0484. The molecule has 3 nitrogen and oxygen atoms in total. The van der Waals surface area contributed by atoms with Crippen LogP contribution in [-0.4, -0.2) is 29.9 Å². The third-order valence-corrected chi connectivity index (χ3v) is 4.99. The maximum atomic E-state index is 4.28. The molecule has 2 rings (SSSR count). The van der Waals surface area contributed by atoms with Crippen LogP contribution in [0.4, 0.5) is 0 Å². The van der Waals surface area contributed by atoms with Gasteiger partial charge in [0.05, 0.1) is 12.1 Å². The molecule has 2 heterocycles. The maximum absolute atomic E-state index is 4.28. The Labute approximate surface area is 106 Å². The molecule has 1 unspecified atom stereocenters. The topological polar surface area (TPSA) is 36.4 Å². The van der Waals surface area contributed by atoms with Gasteiger partial charge in [-0.1, -0.05) is 19.4 Å². The average molecular weight is 257 g/mol. The van der Waals surface area contributed by atoms with Crippen LogP contribution >= 0.6 is 23.9 Å². The first-order chi connectivity index (χ1) is 7.87. The second-order valence-electron chi connectivity index (χ2n) is 4.06. The van der Waals surface area contributed by atoms with Crippen molar-refractivity contribution in [1.29, 1.82) is 0 Å². The summed E-state index contributed by atoms with van der Waals surface area (Å²) in [6.45, 7) is 4.32. The number of thioether (sulfide) groups is 1. The van der Waals surface area contributed by atoms with Crippen LogP contribution in [0.2, 0.25) is 0 Å². The molecule has 0 aliphatic carbocycles. The fourth-order valence-corrected chi connectivity index (χ4v) is 4.05. The second kappa shape index (κ2) is 6.10. The van der Waals surface area contributed by atoms with E-state index >= 15 is 0 Å². The van der Waals surface area contributed by atoms with Crippen LogP contribution in [0.3, 0.4) is 0 Å². The summed E-state index contributed by atoms with van der Waals surface area (Å²) in [6, 6.07) is 0. The smallest absolute Gasteiger partial charge is 0.134 e. The van der Waals surface area contributed by atoms with E-state index in [1.165, 1.54) is 36.3 Å². The lowest BCUT2D eigenvalue weighted by atomic mass is 10.0. The third kappa shape index (κ3) is 2.83. The SMILES string of the molecule is CCCCSC1(C2=CCCNC2)C=NSN1. The van der Waals surface area contributed by atoms with Gasteiger partial charge in [-0.2, -0.15) is 0 Å². The predicted molar refractivity (Wildman–Crippen MR) is 74.9 cm³/mol. The van der Waals surface area contributed by atoms with E-state index in [2.05, 4.69) is 33.7 Å². The monoisotopic (exact) mass is 257 g/mol. The summed E-state index contributed by atoms with van der Waals surface area (Å²) in [5.74, 6) is 1.19. The molecule has 0 radical (unpaired) electrons. The number of hydrogen-bond acceptors (Lipinski definition) is 5. The summed E-state index contributed by atoms with van der Waals surface area (Å²) >= 11 is 3.44. The van der Waals surface area contributed by atoms with Gasteiger partial charge in [0.1, 0.15) is 4.87 Å². The van der Waals surface area contributed by atoms with Gasteiger partial charge in [-0.3, -0.25) is 0 Å². The predicted octanol–water partition coefficient (Wildman–Crippen LogP) is 2.37. The molecule has 2 aliphatic rings. The van der Waals surface area contributed by atoms with Crippen LogP contribution in [0.25, 0.3) is 0 Å². The first-order valence-corrected chi connectivity index (χ1v) is 7.65. The lowest BCUT2D eigenvalue weighted by Gasteiger charge is -2.30. The van der Waals surface area contributed by atoms with E-state index in [1.807, 2.05) is 11.8 Å². The molecule has 0 aromatic carbocycles. The van der Waals surface area contributed by atoms with Crippen molar-refractivity contribution < 1.29 is 0 Å². The molecule has 2 aliphatic heterocycles. The molecular formula is C11H19N3S2. The molecular weight excluding hydrogens is 238 g/mol. The Morgan fingerprint density at radius 1 is 1.62 bits per heavy atom. The number of hydrogen-bond donors (Lipinski definition) is 2. The van der Waals surface area contributed by atoms with Crippen molar-refractivity contribution in [3.63, 3.8) is 0 Å². The Kier molecular flexibility index (Phi) is 4.76. The molecule has 90 valence electrons. The van der Waals surface area contributed by atoms with Crippen LogP contribution in [0, 0.1) is 0 Å². The molecule has 0 saturated heterocycles. The average Bonchev–Trinajstić information content (AvgIpc) is 2.81. The van der Waals surface area contributed by atoms with E-state index in [0.717, 1.165) is 19.5 Å². The van der Waals surface area contributed by atoms with E-state index in [4.69, 9.17) is 0 Å². The van der Waals surface area contributed by atoms with E-state index in [0.29, 0.717) is 0 Å². The molecule has 0 aromatic rings. The van der Waals surface area contributed by atoms with Gasteiger partial charge in [0.15, 0.2) is 0 Å². The van der Waals surface area contributed by atoms with Gasteiger partial charge in [0, 0.05) is 12.8 Å². The fourth-order valence-electron chi connectivity index (χ4n) is 1.83. The molecule has 2 N–H and O–H groups in total.